The van der Waals surface area contributed by atoms with Crippen molar-refractivity contribution in [2.45, 2.75) is 50.7 Å². The highest BCUT2D eigenvalue weighted by atomic mass is 16.3. The average molecular weight is 385 g/mol. The van der Waals surface area contributed by atoms with Crippen LogP contribution >= 0.6 is 0 Å². The van der Waals surface area contributed by atoms with Gasteiger partial charge < -0.3 is 15.3 Å². The van der Waals surface area contributed by atoms with E-state index in [1.807, 2.05) is 6.20 Å². The third-order valence-corrected chi connectivity index (χ3v) is 7.53. The molecule has 0 aromatic carbocycles. The Balaban J connectivity index is 1.12. The summed E-state index contributed by atoms with van der Waals surface area (Å²) < 4.78 is 0. The fraction of sp³-hybridized carbons (Fsp3) is 0.727. The molecule has 4 saturated carbocycles. The van der Waals surface area contributed by atoms with Gasteiger partial charge in [0.15, 0.2) is 0 Å². The lowest BCUT2D eigenvalue weighted by Crippen LogP contribution is -2.62. The average Bonchev–Trinajstić information content (AvgIpc) is 2.65. The van der Waals surface area contributed by atoms with Crippen LogP contribution in [-0.2, 0) is 4.79 Å². The van der Waals surface area contributed by atoms with E-state index in [1.165, 1.54) is 18.4 Å². The molecule has 28 heavy (non-hydrogen) atoms. The number of aryl methyl sites for hydroxylation is 1. The molecule has 0 radical (unpaired) electrons. The molecule has 6 nitrogen and oxygen atoms in total. The lowest BCUT2D eigenvalue weighted by Gasteiger charge is -2.58. The summed E-state index contributed by atoms with van der Waals surface area (Å²) in [4.78, 5) is 21.8. The molecule has 4 aliphatic carbocycles. The van der Waals surface area contributed by atoms with Crippen molar-refractivity contribution in [2.24, 2.45) is 17.8 Å². The molecular weight excluding hydrogens is 352 g/mol. The summed E-state index contributed by atoms with van der Waals surface area (Å²) in [5.41, 5.74) is 0.744. The van der Waals surface area contributed by atoms with Gasteiger partial charge in [-0.15, -0.1) is 0 Å². The maximum absolute atomic E-state index is 12.7. The predicted molar refractivity (Wildman–Crippen MR) is 108 cm³/mol. The maximum atomic E-state index is 12.7. The largest absolute Gasteiger partial charge is 0.390 e. The molecule has 1 aromatic rings. The zero-order chi connectivity index (χ0) is 19.3. The number of carbonyl (C=O) groups is 1. The first-order valence-electron chi connectivity index (χ1n) is 10.9. The topological polar surface area (TPSA) is 68.7 Å². The number of pyridine rings is 1. The summed E-state index contributed by atoms with van der Waals surface area (Å²) in [7, 11) is 0. The van der Waals surface area contributed by atoms with Gasteiger partial charge in [-0.2, -0.15) is 0 Å². The Bertz CT molecular complexity index is 713. The van der Waals surface area contributed by atoms with E-state index in [4.69, 9.17) is 0 Å². The van der Waals surface area contributed by atoms with Gasteiger partial charge in [-0.3, -0.25) is 9.69 Å². The van der Waals surface area contributed by atoms with Gasteiger partial charge in [-0.1, -0.05) is 6.07 Å². The summed E-state index contributed by atoms with van der Waals surface area (Å²) >= 11 is 0. The molecule has 2 unspecified atom stereocenters. The van der Waals surface area contributed by atoms with Crippen LogP contribution in [0.1, 0.15) is 37.7 Å². The van der Waals surface area contributed by atoms with Gasteiger partial charge in [-0.05, 0) is 68.4 Å². The number of aromatic nitrogens is 1. The van der Waals surface area contributed by atoms with Crippen molar-refractivity contribution in [1.29, 1.82) is 0 Å². The number of amides is 1. The van der Waals surface area contributed by atoms with Crippen LogP contribution in [0.2, 0.25) is 0 Å². The number of aliphatic hydroxyl groups is 1. The zero-order valence-electron chi connectivity index (χ0n) is 16.8. The Morgan fingerprint density at radius 2 is 1.89 bits per heavy atom. The van der Waals surface area contributed by atoms with Crippen molar-refractivity contribution in [1.82, 2.24) is 15.2 Å². The van der Waals surface area contributed by atoms with Crippen LogP contribution in [-0.4, -0.2) is 65.3 Å². The van der Waals surface area contributed by atoms with Gasteiger partial charge in [0.05, 0.1) is 12.1 Å². The molecular formula is C22H32N4O2. The molecule has 152 valence electrons. The quantitative estimate of drug-likeness (QED) is 0.825. The summed E-state index contributed by atoms with van der Waals surface area (Å²) in [6.07, 6.45) is 7.04. The first-order chi connectivity index (χ1) is 13.5. The lowest BCUT2D eigenvalue weighted by molar-refractivity contribution is -0.147. The molecule has 1 saturated heterocycles. The van der Waals surface area contributed by atoms with Crippen LogP contribution in [0.5, 0.6) is 0 Å². The highest BCUT2D eigenvalue weighted by Crippen LogP contribution is 2.55. The Morgan fingerprint density at radius 3 is 2.50 bits per heavy atom. The van der Waals surface area contributed by atoms with E-state index in [2.05, 4.69) is 39.2 Å². The number of rotatable bonds is 4. The van der Waals surface area contributed by atoms with E-state index in [0.29, 0.717) is 24.3 Å². The molecule has 0 spiro atoms. The minimum atomic E-state index is -0.432. The molecule has 6 heteroatoms. The first-order valence-corrected chi connectivity index (χ1v) is 10.9. The smallest absolute Gasteiger partial charge is 0.234 e. The van der Waals surface area contributed by atoms with Crippen LogP contribution in [0.25, 0.3) is 0 Å². The van der Waals surface area contributed by atoms with E-state index < -0.39 is 5.60 Å². The molecule has 5 fully saturated rings. The summed E-state index contributed by atoms with van der Waals surface area (Å²) in [5.74, 6) is 2.82. The second-order valence-electron chi connectivity index (χ2n) is 9.74. The predicted octanol–water partition coefficient (Wildman–Crippen LogP) is 1.57. The SMILES string of the molecule is Cc1ccc(N2CCN(CC(=O)NC3C4CC5CC3CC(O)(C5)C4)CC2)nc1. The molecule has 1 amide bonds. The number of nitrogens with zero attached hydrogens (tertiary/aromatic N) is 3. The Morgan fingerprint density at radius 1 is 1.18 bits per heavy atom. The van der Waals surface area contributed by atoms with Crippen molar-refractivity contribution < 1.29 is 9.90 Å². The van der Waals surface area contributed by atoms with E-state index in [-0.39, 0.29) is 11.9 Å². The fourth-order valence-corrected chi connectivity index (χ4v) is 6.43. The molecule has 4 bridgehead atoms. The third-order valence-electron chi connectivity index (χ3n) is 7.53. The van der Waals surface area contributed by atoms with Crippen LogP contribution < -0.4 is 10.2 Å². The number of anilines is 1. The van der Waals surface area contributed by atoms with Gasteiger partial charge in [0, 0.05) is 38.4 Å². The van der Waals surface area contributed by atoms with Crippen molar-refractivity contribution in [3.05, 3.63) is 23.9 Å². The van der Waals surface area contributed by atoms with Crippen molar-refractivity contribution in [2.75, 3.05) is 37.6 Å². The highest BCUT2D eigenvalue weighted by Gasteiger charge is 2.55. The van der Waals surface area contributed by atoms with Crippen LogP contribution in [0, 0.1) is 24.7 Å². The van der Waals surface area contributed by atoms with E-state index >= 15 is 0 Å². The Kier molecular flexibility index (Phi) is 4.59. The number of piperazine rings is 1. The normalized spacial score (nSPS) is 37.3. The molecule has 2 atom stereocenters. The van der Waals surface area contributed by atoms with Crippen molar-refractivity contribution in [3.63, 3.8) is 0 Å². The minimum Gasteiger partial charge on any atom is -0.390 e. The minimum absolute atomic E-state index is 0.159. The molecule has 5 aliphatic rings. The standard InChI is InChI=1S/C22H32N4O2/c1-15-2-3-19(23-13-15)26-6-4-25(5-7-26)14-20(27)24-21-17-8-16-9-18(21)12-22(28,10-16)11-17/h2-3,13,16-18,21,28H,4-12,14H2,1H3,(H,24,27). The van der Waals surface area contributed by atoms with Crippen molar-refractivity contribution >= 4 is 11.7 Å². The maximum Gasteiger partial charge on any atom is 0.234 e. The van der Waals surface area contributed by atoms with E-state index in [1.54, 1.807) is 0 Å². The molecule has 2 N–H and O–H groups in total. The lowest BCUT2D eigenvalue weighted by atomic mass is 9.52. The first kappa shape index (κ1) is 18.4. The number of hydrogen-bond donors (Lipinski definition) is 2. The third kappa shape index (κ3) is 3.52. The van der Waals surface area contributed by atoms with Crippen LogP contribution in [0.4, 0.5) is 5.82 Å². The van der Waals surface area contributed by atoms with Gasteiger partial charge in [0.25, 0.3) is 0 Å². The van der Waals surface area contributed by atoms with Gasteiger partial charge in [0.1, 0.15) is 5.82 Å². The highest BCUT2D eigenvalue weighted by molar-refractivity contribution is 5.78. The Hall–Kier alpha value is -1.66. The number of nitrogens with one attached hydrogen (secondary N) is 1. The van der Waals surface area contributed by atoms with Gasteiger partial charge in [-0.25, -0.2) is 4.98 Å². The summed E-state index contributed by atoms with van der Waals surface area (Å²) in [6, 6.07) is 4.46. The number of hydrogen-bond acceptors (Lipinski definition) is 5. The monoisotopic (exact) mass is 384 g/mol. The molecule has 2 heterocycles. The molecule has 1 aliphatic heterocycles. The summed E-state index contributed by atoms with van der Waals surface area (Å²) in [5, 5.41) is 14.1. The molecule has 1 aromatic heterocycles. The fourth-order valence-electron chi connectivity index (χ4n) is 6.43. The second kappa shape index (κ2) is 6.99. The van der Waals surface area contributed by atoms with E-state index in [0.717, 1.165) is 51.3 Å². The van der Waals surface area contributed by atoms with Gasteiger partial charge >= 0.3 is 0 Å². The molecule has 6 rings (SSSR count). The summed E-state index contributed by atoms with van der Waals surface area (Å²) in [6.45, 7) is 6.14. The number of carbonyl (C=O) groups excluding carboxylic acids is 1. The second-order valence-corrected chi connectivity index (χ2v) is 9.74. The van der Waals surface area contributed by atoms with Crippen LogP contribution in [0.3, 0.4) is 0 Å². The van der Waals surface area contributed by atoms with Crippen LogP contribution in [0.15, 0.2) is 18.3 Å². The van der Waals surface area contributed by atoms with E-state index in [9.17, 15) is 9.90 Å². The Labute approximate surface area is 167 Å². The van der Waals surface area contributed by atoms with Gasteiger partial charge in [0.2, 0.25) is 5.91 Å². The van der Waals surface area contributed by atoms with Crippen molar-refractivity contribution in [3.8, 4) is 0 Å². The zero-order valence-corrected chi connectivity index (χ0v) is 16.8.